The molecule has 84 valence electrons. The van der Waals surface area contributed by atoms with E-state index in [1.807, 2.05) is 13.8 Å². The van der Waals surface area contributed by atoms with Crippen LogP contribution in [0.1, 0.15) is 25.0 Å². The fourth-order valence-corrected chi connectivity index (χ4v) is 1.55. The van der Waals surface area contributed by atoms with Gasteiger partial charge in [-0.15, -0.1) is 0 Å². The molecule has 1 aromatic carbocycles. The summed E-state index contributed by atoms with van der Waals surface area (Å²) in [7, 11) is 0. The first-order chi connectivity index (χ1) is 6.97. The lowest BCUT2D eigenvalue weighted by atomic mass is 9.93. The quantitative estimate of drug-likeness (QED) is 0.830. The third-order valence-corrected chi connectivity index (χ3v) is 2.37. The molecule has 3 heteroatoms. The van der Waals surface area contributed by atoms with Crippen molar-refractivity contribution in [2.45, 2.75) is 26.4 Å². The Balaban J connectivity index is 2.97. The van der Waals surface area contributed by atoms with Gasteiger partial charge in [0.15, 0.2) is 0 Å². The van der Waals surface area contributed by atoms with Crippen molar-refractivity contribution in [1.29, 1.82) is 0 Å². The first-order valence-corrected chi connectivity index (χ1v) is 5.04. The first-order valence-electron chi connectivity index (χ1n) is 5.04. The molecule has 2 nitrogen and oxygen atoms in total. The number of aliphatic hydroxyl groups is 1. The summed E-state index contributed by atoms with van der Waals surface area (Å²) < 4.78 is 18.2. The lowest BCUT2D eigenvalue weighted by Crippen LogP contribution is -2.29. The molecular weight excluding hydrogens is 195 g/mol. The van der Waals surface area contributed by atoms with E-state index >= 15 is 0 Å². The normalized spacial score (nSPS) is 15.0. The van der Waals surface area contributed by atoms with E-state index in [9.17, 15) is 9.50 Å². The van der Waals surface area contributed by atoms with Crippen molar-refractivity contribution in [3.8, 4) is 0 Å². The lowest BCUT2D eigenvalue weighted by molar-refractivity contribution is -0.0349. The Morgan fingerprint density at radius 2 is 2.13 bits per heavy atom. The zero-order valence-electron chi connectivity index (χ0n) is 9.38. The van der Waals surface area contributed by atoms with Gasteiger partial charge in [0.2, 0.25) is 0 Å². The minimum atomic E-state index is -1.14. The van der Waals surface area contributed by atoms with Gasteiger partial charge in [-0.25, -0.2) is 4.39 Å². The maximum Gasteiger partial charge on any atom is 0.123 e. The van der Waals surface area contributed by atoms with Crippen LogP contribution in [0.25, 0.3) is 0 Å². The predicted octanol–water partition coefficient (Wildman–Crippen LogP) is 2.38. The minimum absolute atomic E-state index is 0.174. The molecule has 0 bridgehead atoms. The smallest absolute Gasteiger partial charge is 0.123 e. The largest absolute Gasteiger partial charge is 0.383 e. The highest BCUT2D eigenvalue weighted by atomic mass is 19.1. The molecule has 15 heavy (non-hydrogen) atoms. The van der Waals surface area contributed by atoms with E-state index < -0.39 is 5.60 Å². The number of halogens is 1. The topological polar surface area (TPSA) is 29.5 Å². The van der Waals surface area contributed by atoms with Crippen LogP contribution in [0, 0.1) is 12.7 Å². The Labute approximate surface area is 89.7 Å². The molecule has 1 rings (SSSR count). The minimum Gasteiger partial charge on any atom is -0.383 e. The molecular formula is C12H17FO2. The Bertz CT molecular complexity index is 334. The number of benzene rings is 1. The standard InChI is InChI=1S/C12H17FO2/c1-4-15-8-12(3,14)11-7-10(13)6-5-9(11)2/h5-7,14H,4,8H2,1-3H3. The molecule has 1 aromatic rings. The second-order valence-corrected chi connectivity index (χ2v) is 3.87. The molecule has 0 saturated carbocycles. The Kier molecular flexibility index (Phi) is 3.83. The van der Waals surface area contributed by atoms with Crippen molar-refractivity contribution < 1.29 is 14.2 Å². The number of aryl methyl sites for hydroxylation is 1. The summed E-state index contributed by atoms with van der Waals surface area (Å²) in [6, 6.07) is 4.40. The maximum atomic E-state index is 13.0. The molecule has 0 fully saturated rings. The van der Waals surface area contributed by atoms with Crippen LogP contribution in [0.15, 0.2) is 18.2 Å². The van der Waals surface area contributed by atoms with Crippen LogP contribution < -0.4 is 0 Å². The highest BCUT2D eigenvalue weighted by Crippen LogP contribution is 2.25. The Morgan fingerprint density at radius 1 is 1.47 bits per heavy atom. The summed E-state index contributed by atoms with van der Waals surface area (Å²) >= 11 is 0. The van der Waals surface area contributed by atoms with Crippen molar-refractivity contribution in [2.24, 2.45) is 0 Å². The number of hydrogen-bond donors (Lipinski definition) is 1. The van der Waals surface area contributed by atoms with Gasteiger partial charge in [0.05, 0.1) is 6.61 Å². The first kappa shape index (κ1) is 12.1. The second-order valence-electron chi connectivity index (χ2n) is 3.87. The van der Waals surface area contributed by atoms with Crippen molar-refractivity contribution in [3.05, 3.63) is 35.1 Å². The Morgan fingerprint density at radius 3 is 2.73 bits per heavy atom. The molecule has 0 aliphatic rings. The van der Waals surface area contributed by atoms with Gasteiger partial charge >= 0.3 is 0 Å². The van der Waals surface area contributed by atoms with Crippen LogP contribution in [0.5, 0.6) is 0 Å². The van der Waals surface area contributed by atoms with Gasteiger partial charge < -0.3 is 9.84 Å². The van der Waals surface area contributed by atoms with Crippen LogP contribution >= 0.6 is 0 Å². The van der Waals surface area contributed by atoms with Gasteiger partial charge in [-0.1, -0.05) is 6.07 Å². The number of hydrogen-bond acceptors (Lipinski definition) is 2. The molecule has 1 atom stereocenters. The number of rotatable bonds is 4. The van der Waals surface area contributed by atoms with Crippen LogP contribution in [0.3, 0.4) is 0 Å². The Hall–Kier alpha value is -0.930. The van der Waals surface area contributed by atoms with Crippen molar-refractivity contribution >= 4 is 0 Å². The average Bonchev–Trinajstić information content (AvgIpc) is 2.18. The third kappa shape index (κ3) is 3.01. The molecule has 1 unspecified atom stereocenters. The number of ether oxygens (including phenoxy) is 1. The third-order valence-electron chi connectivity index (χ3n) is 2.37. The van der Waals surface area contributed by atoms with Crippen LogP contribution in [-0.2, 0) is 10.3 Å². The molecule has 0 radical (unpaired) electrons. The molecule has 0 aliphatic carbocycles. The molecule has 0 heterocycles. The molecule has 0 aromatic heterocycles. The molecule has 1 N–H and O–H groups in total. The van der Waals surface area contributed by atoms with E-state index in [1.165, 1.54) is 12.1 Å². The zero-order valence-corrected chi connectivity index (χ0v) is 9.38. The van der Waals surface area contributed by atoms with Crippen molar-refractivity contribution in [3.63, 3.8) is 0 Å². The maximum absolute atomic E-state index is 13.0. The fourth-order valence-electron chi connectivity index (χ4n) is 1.55. The summed E-state index contributed by atoms with van der Waals surface area (Å²) in [5, 5.41) is 10.1. The van der Waals surface area contributed by atoms with Crippen LogP contribution in [-0.4, -0.2) is 18.3 Å². The summed E-state index contributed by atoms with van der Waals surface area (Å²) in [5.41, 5.74) is 0.305. The van der Waals surface area contributed by atoms with Gasteiger partial charge in [0.25, 0.3) is 0 Å². The summed E-state index contributed by atoms with van der Waals surface area (Å²) in [5.74, 6) is -0.340. The van der Waals surface area contributed by atoms with Gasteiger partial charge in [-0.3, -0.25) is 0 Å². The van der Waals surface area contributed by atoms with E-state index in [-0.39, 0.29) is 12.4 Å². The van der Waals surface area contributed by atoms with E-state index in [0.717, 1.165) is 5.56 Å². The van der Waals surface area contributed by atoms with Crippen molar-refractivity contribution in [2.75, 3.05) is 13.2 Å². The highest BCUT2D eigenvalue weighted by Gasteiger charge is 2.25. The van der Waals surface area contributed by atoms with E-state index in [1.54, 1.807) is 13.0 Å². The van der Waals surface area contributed by atoms with E-state index in [4.69, 9.17) is 4.74 Å². The van der Waals surface area contributed by atoms with E-state index in [0.29, 0.717) is 12.2 Å². The summed E-state index contributed by atoms with van der Waals surface area (Å²) in [6.07, 6.45) is 0. The van der Waals surface area contributed by atoms with E-state index in [2.05, 4.69) is 0 Å². The average molecular weight is 212 g/mol. The van der Waals surface area contributed by atoms with Crippen LogP contribution in [0.4, 0.5) is 4.39 Å². The van der Waals surface area contributed by atoms with Gasteiger partial charge in [0.1, 0.15) is 11.4 Å². The molecule has 0 spiro atoms. The zero-order chi connectivity index (χ0) is 11.5. The monoisotopic (exact) mass is 212 g/mol. The summed E-state index contributed by atoms with van der Waals surface area (Å²) in [4.78, 5) is 0. The van der Waals surface area contributed by atoms with Crippen LogP contribution in [0.2, 0.25) is 0 Å². The summed E-state index contributed by atoms with van der Waals surface area (Å²) in [6.45, 7) is 6.03. The molecule has 0 amide bonds. The fraction of sp³-hybridized carbons (Fsp3) is 0.500. The predicted molar refractivity (Wildman–Crippen MR) is 57.2 cm³/mol. The highest BCUT2D eigenvalue weighted by molar-refractivity contribution is 5.31. The lowest BCUT2D eigenvalue weighted by Gasteiger charge is -2.25. The van der Waals surface area contributed by atoms with Crippen molar-refractivity contribution in [1.82, 2.24) is 0 Å². The molecule has 0 saturated heterocycles. The second kappa shape index (κ2) is 4.73. The SMILES string of the molecule is CCOCC(C)(O)c1cc(F)ccc1C. The van der Waals surface area contributed by atoms with Gasteiger partial charge in [0, 0.05) is 6.61 Å². The van der Waals surface area contributed by atoms with Gasteiger partial charge in [-0.2, -0.15) is 0 Å². The molecule has 0 aliphatic heterocycles. The van der Waals surface area contributed by atoms with Gasteiger partial charge in [-0.05, 0) is 44.0 Å².